The lowest BCUT2D eigenvalue weighted by atomic mass is 9.35. The number of hydrogen-bond acceptors (Lipinski definition) is 3. The van der Waals surface area contributed by atoms with E-state index in [0.717, 1.165) is 31.3 Å². The van der Waals surface area contributed by atoms with Crippen molar-refractivity contribution in [3.8, 4) is 0 Å². The largest absolute Gasteiger partial charge is 0.390 e. The van der Waals surface area contributed by atoms with Crippen LogP contribution in [0.25, 0.3) is 0 Å². The van der Waals surface area contributed by atoms with Gasteiger partial charge in [-0.1, -0.05) is 46.8 Å². The van der Waals surface area contributed by atoms with Gasteiger partial charge in [0, 0.05) is 11.8 Å². The molecule has 0 aromatic carbocycles. The Morgan fingerprint density at radius 3 is 2.30 bits per heavy atom. The molecule has 4 rings (SSSR count). The molecule has 4 fully saturated rings. The van der Waals surface area contributed by atoms with Gasteiger partial charge >= 0.3 is 0 Å². The van der Waals surface area contributed by atoms with Crippen molar-refractivity contribution in [2.24, 2.45) is 45.3 Å². The highest BCUT2D eigenvalue weighted by Crippen LogP contribution is 2.75. The van der Waals surface area contributed by atoms with Crippen LogP contribution < -0.4 is 0 Å². The van der Waals surface area contributed by atoms with Crippen LogP contribution in [-0.4, -0.2) is 27.7 Å². The summed E-state index contributed by atoms with van der Waals surface area (Å²) in [5.41, 5.74) is 0.580. The monoisotopic (exact) mass is 458 g/mol. The number of ketones is 1. The fraction of sp³-hybridized carbons (Fsp3) is 0.900. The van der Waals surface area contributed by atoms with E-state index < -0.39 is 11.7 Å². The van der Waals surface area contributed by atoms with Crippen LogP contribution in [0.5, 0.6) is 0 Å². The van der Waals surface area contributed by atoms with Gasteiger partial charge in [-0.15, -0.1) is 0 Å². The maximum absolute atomic E-state index is 12.9. The summed E-state index contributed by atoms with van der Waals surface area (Å²) in [6.45, 7) is 19.9. The molecule has 4 aliphatic carbocycles. The van der Waals surface area contributed by atoms with Crippen molar-refractivity contribution in [1.82, 2.24) is 0 Å². The Hall–Kier alpha value is -0.670. The molecule has 4 saturated carbocycles. The molecule has 3 heteroatoms. The van der Waals surface area contributed by atoms with Gasteiger partial charge in [-0.25, -0.2) is 0 Å². The van der Waals surface area contributed by atoms with Gasteiger partial charge in [0.2, 0.25) is 0 Å². The lowest BCUT2D eigenvalue weighted by Crippen LogP contribution is -2.63. The molecule has 0 unspecified atom stereocenters. The Balaban J connectivity index is 1.60. The second-order valence-electron chi connectivity index (χ2n) is 14.2. The summed E-state index contributed by atoms with van der Waals surface area (Å²) in [5.74, 6) is 2.46. The van der Waals surface area contributed by atoms with E-state index in [0.29, 0.717) is 42.3 Å². The molecule has 0 bridgehead atoms. The minimum atomic E-state index is -0.748. The zero-order valence-corrected chi connectivity index (χ0v) is 22.5. The Kier molecular flexibility index (Phi) is 6.10. The average molecular weight is 459 g/mol. The lowest BCUT2D eigenvalue weighted by molar-refractivity contribution is -0.207. The molecule has 9 atom stereocenters. The number of aliphatic hydroxyl groups excluding tert-OH is 1. The molecule has 0 spiro atoms. The smallest absolute Gasteiger partial charge is 0.138 e. The third-order valence-corrected chi connectivity index (χ3v) is 12.4. The van der Waals surface area contributed by atoms with Gasteiger partial charge in [0.25, 0.3) is 0 Å². The standard InChI is InChI=1S/C30H50O3/c1-19(2)22(31)12-18-30(8,33)21-11-16-28(6)20(21)9-10-24-27(5)15-14-25(32)26(3,4)23(27)13-17-29(24,28)7/h20-24,31,33H,1,9-18H2,2-8H3/t20-,21+,22-,23-,24-,27+,28-,29-,30+/m1/s1. The van der Waals surface area contributed by atoms with Gasteiger partial charge in [-0.2, -0.15) is 0 Å². The first kappa shape index (κ1) is 25.4. The Bertz CT molecular complexity index is 811. The van der Waals surface area contributed by atoms with E-state index in [9.17, 15) is 15.0 Å². The van der Waals surface area contributed by atoms with Crippen LogP contribution in [-0.2, 0) is 4.79 Å². The van der Waals surface area contributed by atoms with Gasteiger partial charge in [0.15, 0.2) is 0 Å². The molecule has 0 aromatic rings. The van der Waals surface area contributed by atoms with Gasteiger partial charge in [0.1, 0.15) is 5.78 Å². The van der Waals surface area contributed by atoms with Gasteiger partial charge in [-0.05, 0) is 112 Å². The highest BCUT2D eigenvalue weighted by Gasteiger charge is 2.69. The summed E-state index contributed by atoms with van der Waals surface area (Å²) in [6, 6.07) is 0. The number of fused-ring (bicyclic) bond motifs is 5. The first-order valence-electron chi connectivity index (χ1n) is 13.7. The van der Waals surface area contributed by atoms with Crippen molar-refractivity contribution in [2.45, 2.75) is 124 Å². The van der Waals surface area contributed by atoms with Crippen molar-refractivity contribution in [3.63, 3.8) is 0 Å². The molecule has 188 valence electrons. The van der Waals surface area contributed by atoms with Crippen LogP contribution >= 0.6 is 0 Å². The van der Waals surface area contributed by atoms with Crippen molar-refractivity contribution in [3.05, 3.63) is 12.2 Å². The van der Waals surface area contributed by atoms with Gasteiger partial charge in [0.05, 0.1) is 11.7 Å². The molecule has 0 radical (unpaired) electrons. The Morgan fingerprint density at radius 2 is 1.67 bits per heavy atom. The Labute approximate surface area is 202 Å². The lowest BCUT2D eigenvalue weighted by Gasteiger charge is -2.69. The fourth-order valence-electron chi connectivity index (χ4n) is 10.1. The normalized spacial score (nSPS) is 47.1. The Morgan fingerprint density at radius 1 is 1.03 bits per heavy atom. The number of carbonyl (C=O) groups excluding carboxylic acids is 1. The number of hydrogen-bond donors (Lipinski definition) is 2. The van der Waals surface area contributed by atoms with Crippen molar-refractivity contribution in [1.29, 1.82) is 0 Å². The summed E-state index contributed by atoms with van der Waals surface area (Å²) in [6.07, 6.45) is 9.58. The zero-order chi connectivity index (χ0) is 24.6. The molecule has 33 heavy (non-hydrogen) atoms. The minimum absolute atomic E-state index is 0.196. The van der Waals surface area contributed by atoms with Crippen molar-refractivity contribution >= 4 is 5.78 Å². The summed E-state index contributed by atoms with van der Waals surface area (Å²) < 4.78 is 0. The molecule has 0 aliphatic heterocycles. The van der Waals surface area contributed by atoms with E-state index in [-0.39, 0.29) is 21.7 Å². The zero-order valence-electron chi connectivity index (χ0n) is 22.5. The van der Waals surface area contributed by atoms with Crippen LogP contribution in [0.3, 0.4) is 0 Å². The quantitative estimate of drug-likeness (QED) is 0.450. The maximum Gasteiger partial charge on any atom is 0.138 e. The molecule has 4 aliphatic rings. The topological polar surface area (TPSA) is 57.5 Å². The summed E-state index contributed by atoms with van der Waals surface area (Å²) in [7, 11) is 0. The highest BCUT2D eigenvalue weighted by atomic mass is 16.3. The fourth-order valence-corrected chi connectivity index (χ4v) is 10.1. The van der Waals surface area contributed by atoms with Crippen LogP contribution in [0.2, 0.25) is 0 Å². The van der Waals surface area contributed by atoms with E-state index in [1.54, 1.807) is 0 Å². The molecule has 2 N–H and O–H groups in total. The molecule has 0 amide bonds. The molecule has 0 heterocycles. The van der Waals surface area contributed by atoms with Gasteiger partial charge in [-0.3, -0.25) is 4.79 Å². The predicted octanol–water partition coefficient (Wildman–Crippen LogP) is 6.71. The van der Waals surface area contributed by atoms with E-state index in [2.05, 4.69) is 41.2 Å². The third kappa shape index (κ3) is 3.53. The highest BCUT2D eigenvalue weighted by molar-refractivity contribution is 5.85. The molecular formula is C30H50O3. The molecular weight excluding hydrogens is 408 g/mol. The summed E-state index contributed by atoms with van der Waals surface area (Å²) in [5, 5.41) is 21.9. The SMILES string of the molecule is C=C(C)[C@H](O)CC[C@](C)(O)[C@H]1CC[C@]2(C)[C@@H]1CC[C@@H]1[C@@]3(C)CCC(=O)C(C)(C)[C@H]3CC[C@]12C. The predicted molar refractivity (Wildman–Crippen MR) is 135 cm³/mol. The number of rotatable bonds is 5. The van der Waals surface area contributed by atoms with Gasteiger partial charge < -0.3 is 10.2 Å². The van der Waals surface area contributed by atoms with Crippen LogP contribution in [0.4, 0.5) is 0 Å². The molecule has 3 nitrogen and oxygen atoms in total. The average Bonchev–Trinajstić information content (AvgIpc) is 3.08. The van der Waals surface area contributed by atoms with E-state index in [4.69, 9.17) is 0 Å². The van der Waals surface area contributed by atoms with E-state index in [1.807, 2.05) is 13.8 Å². The first-order valence-corrected chi connectivity index (χ1v) is 13.7. The van der Waals surface area contributed by atoms with Crippen molar-refractivity contribution in [2.75, 3.05) is 0 Å². The number of carbonyl (C=O) groups is 1. The summed E-state index contributed by atoms with van der Waals surface area (Å²) in [4.78, 5) is 12.9. The van der Waals surface area contributed by atoms with Crippen LogP contribution in [0.1, 0.15) is 113 Å². The maximum atomic E-state index is 12.9. The number of Topliss-reactive ketones (excluding diaryl/α,β-unsaturated/α-hetero) is 1. The second kappa shape index (κ2) is 7.92. The molecule has 0 aromatic heterocycles. The van der Waals surface area contributed by atoms with Crippen molar-refractivity contribution < 1.29 is 15.0 Å². The van der Waals surface area contributed by atoms with Crippen LogP contribution in [0, 0.1) is 45.3 Å². The third-order valence-electron chi connectivity index (χ3n) is 12.4. The summed E-state index contributed by atoms with van der Waals surface area (Å²) >= 11 is 0. The second-order valence-corrected chi connectivity index (χ2v) is 14.2. The molecule has 0 saturated heterocycles. The van der Waals surface area contributed by atoms with E-state index in [1.165, 1.54) is 25.7 Å². The van der Waals surface area contributed by atoms with E-state index >= 15 is 0 Å². The minimum Gasteiger partial charge on any atom is -0.390 e. The first-order chi connectivity index (χ1) is 15.1. The number of aliphatic hydroxyl groups is 2. The van der Waals surface area contributed by atoms with Crippen LogP contribution in [0.15, 0.2) is 12.2 Å².